The van der Waals surface area contributed by atoms with Crippen LogP contribution in [0.15, 0.2) is 12.3 Å². The number of nitrogen functional groups attached to an aromatic ring is 1. The molecule has 1 aromatic heterocycles. The molecule has 1 amide bonds. The van der Waals surface area contributed by atoms with Gasteiger partial charge in [-0.25, -0.2) is 0 Å². The number of nitrogens with two attached hydrogens (primary N) is 1. The summed E-state index contributed by atoms with van der Waals surface area (Å²) in [5.74, 6) is -0.593. The molecule has 2 rings (SSSR count). The van der Waals surface area contributed by atoms with Crippen molar-refractivity contribution in [2.24, 2.45) is 0 Å². The first-order valence-corrected chi connectivity index (χ1v) is 7.15. The number of nitrogens with zero attached hydrogens (tertiary/aromatic N) is 2. The van der Waals surface area contributed by atoms with Crippen LogP contribution >= 0.6 is 0 Å². The standard InChI is InChI=1S/C14H20F3N3O/c1-2-3-6-19(9-14(15,16)17)13(21)12-7-10(18)8-20(12)11-4-5-11/h7-8,11H,2-6,9,18H2,1H3. The number of amides is 1. The van der Waals surface area contributed by atoms with Crippen molar-refractivity contribution in [3.8, 4) is 0 Å². The van der Waals surface area contributed by atoms with Crippen molar-refractivity contribution in [2.75, 3.05) is 18.8 Å². The molecule has 0 unspecified atom stereocenters. The van der Waals surface area contributed by atoms with Crippen molar-refractivity contribution in [1.29, 1.82) is 0 Å². The van der Waals surface area contributed by atoms with E-state index in [1.807, 2.05) is 6.92 Å². The zero-order valence-electron chi connectivity index (χ0n) is 12.0. The van der Waals surface area contributed by atoms with E-state index in [0.717, 1.165) is 24.2 Å². The summed E-state index contributed by atoms with van der Waals surface area (Å²) in [6.07, 6.45) is 0.378. The molecular weight excluding hydrogens is 283 g/mol. The number of hydrogen-bond donors (Lipinski definition) is 1. The van der Waals surface area contributed by atoms with Gasteiger partial charge in [-0.05, 0) is 25.3 Å². The molecule has 7 heteroatoms. The molecule has 0 radical (unpaired) electrons. The SMILES string of the molecule is CCCCN(CC(F)(F)F)C(=O)c1cc(N)cn1C1CC1. The largest absolute Gasteiger partial charge is 0.406 e. The Bertz CT molecular complexity index is 506. The number of anilines is 1. The van der Waals surface area contributed by atoms with Gasteiger partial charge in [0.15, 0.2) is 0 Å². The van der Waals surface area contributed by atoms with E-state index < -0.39 is 18.6 Å². The van der Waals surface area contributed by atoms with E-state index in [0.29, 0.717) is 12.1 Å². The molecule has 1 saturated carbocycles. The van der Waals surface area contributed by atoms with E-state index >= 15 is 0 Å². The Morgan fingerprint density at radius 3 is 2.67 bits per heavy atom. The second-order valence-electron chi connectivity index (χ2n) is 5.49. The van der Waals surface area contributed by atoms with Crippen LogP contribution in [0.25, 0.3) is 0 Å². The molecule has 21 heavy (non-hydrogen) atoms. The lowest BCUT2D eigenvalue weighted by molar-refractivity contribution is -0.140. The Kier molecular flexibility index (Phi) is 4.49. The van der Waals surface area contributed by atoms with Gasteiger partial charge in [-0.3, -0.25) is 4.79 Å². The van der Waals surface area contributed by atoms with Crippen molar-refractivity contribution >= 4 is 11.6 Å². The third-order valence-corrected chi connectivity index (χ3v) is 3.47. The van der Waals surface area contributed by atoms with Crippen LogP contribution < -0.4 is 5.73 Å². The molecule has 2 N–H and O–H groups in total. The first-order valence-electron chi connectivity index (χ1n) is 7.15. The first-order chi connectivity index (χ1) is 9.81. The van der Waals surface area contributed by atoms with E-state index in [1.165, 1.54) is 6.07 Å². The maximum Gasteiger partial charge on any atom is 0.406 e. The van der Waals surface area contributed by atoms with Crippen molar-refractivity contribution in [3.05, 3.63) is 18.0 Å². The van der Waals surface area contributed by atoms with Crippen molar-refractivity contribution in [3.63, 3.8) is 0 Å². The third kappa shape index (κ3) is 4.15. The van der Waals surface area contributed by atoms with Crippen molar-refractivity contribution in [1.82, 2.24) is 9.47 Å². The summed E-state index contributed by atoms with van der Waals surface area (Å²) >= 11 is 0. The zero-order valence-corrected chi connectivity index (χ0v) is 12.0. The molecule has 0 aromatic carbocycles. The summed E-state index contributed by atoms with van der Waals surface area (Å²) < 4.78 is 39.7. The highest BCUT2D eigenvalue weighted by atomic mass is 19.4. The molecule has 1 aromatic rings. The highest BCUT2D eigenvalue weighted by molar-refractivity contribution is 5.94. The minimum atomic E-state index is -4.40. The Morgan fingerprint density at radius 2 is 2.14 bits per heavy atom. The van der Waals surface area contributed by atoms with Gasteiger partial charge >= 0.3 is 6.18 Å². The molecule has 118 valence electrons. The quantitative estimate of drug-likeness (QED) is 0.877. The molecular formula is C14H20F3N3O. The molecule has 0 saturated heterocycles. The highest BCUT2D eigenvalue weighted by Crippen LogP contribution is 2.37. The second-order valence-corrected chi connectivity index (χ2v) is 5.49. The predicted octanol–water partition coefficient (Wildman–Crippen LogP) is 3.21. The summed E-state index contributed by atoms with van der Waals surface area (Å²) in [6, 6.07) is 1.66. The Balaban J connectivity index is 2.20. The Morgan fingerprint density at radius 1 is 1.48 bits per heavy atom. The van der Waals surface area contributed by atoms with Crippen LogP contribution in [0.1, 0.15) is 49.1 Å². The van der Waals surface area contributed by atoms with Gasteiger partial charge in [0.2, 0.25) is 0 Å². The van der Waals surface area contributed by atoms with Crippen LogP contribution in [-0.4, -0.2) is 34.6 Å². The average molecular weight is 303 g/mol. The smallest absolute Gasteiger partial charge is 0.397 e. The number of carbonyl (C=O) groups is 1. The topological polar surface area (TPSA) is 51.3 Å². The van der Waals surface area contributed by atoms with E-state index in [2.05, 4.69) is 0 Å². The van der Waals surface area contributed by atoms with Gasteiger partial charge in [0.25, 0.3) is 5.91 Å². The number of halogens is 3. The van der Waals surface area contributed by atoms with Crippen LogP contribution in [0.3, 0.4) is 0 Å². The van der Waals surface area contributed by atoms with Crippen LogP contribution in [0.5, 0.6) is 0 Å². The average Bonchev–Trinajstić information content (AvgIpc) is 3.15. The lowest BCUT2D eigenvalue weighted by Gasteiger charge is -2.24. The number of carbonyl (C=O) groups excluding carboxylic acids is 1. The van der Waals surface area contributed by atoms with Gasteiger partial charge in [-0.15, -0.1) is 0 Å². The number of unbranched alkanes of at least 4 members (excludes halogenated alkanes) is 1. The fraction of sp³-hybridized carbons (Fsp3) is 0.643. The van der Waals surface area contributed by atoms with Gasteiger partial charge < -0.3 is 15.2 Å². The summed E-state index contributed by atoms with van der Waals surface area (Å²) in [7, 11) is 0. The molecule has 0 bridgehead atoms. The molecule has 1 aliphatic rings. The zero-order chi connectivity index (χ0) is 15.6. The van der Waals surface area contributed by atoms with Crippen LogP contribution in [0.4, 0.5) is 18.9 Å². The molecule has 1 heterocycles. The third-order valence-electron chi connectivity index (χ3n) is 3.47. The van der Waals surface area contributed by atoms with Gasteiger partial charge in [0.05, 0.1) is 5.69 Å². The van der Waals surface area contributed by atoms with Crippen LogP contribution in [-0.2, 0) is 0 Å². The second kappa shape index (κ2) is 5.99. The Hall–Kier alpha value is -1.66. The summed E-state index contributed by atoms with van der Waals surface area (Å²) in [5.41, 5.74) is 6.37. The van der Waals surface area contributed by atoms with Gasteiger partial charge in [-0.1, -0.05) is 13.3 Å². The van der Waals surface area contributed by atoms with Crippen LogP contribution in [0.2, 0.25) is 0 Å². The summed E-state index contributed by atoms with van der Waals surface area (Å²) in [5, 5.41) is 0. The minimum Gasteiger partial charge on any atom is -0.397 e. The maximum absolute atomic E-state index is 12.7. The molecule has 0 spiro atoms. The van der Waals surface area contributed by atoms with E-state index in [4.69, 9.17) is 5.73 Å². The monoisotopic (exact) mass is 303 g/mol. The lowest BCUT2D eigenvalue weighted by atomic mass is 10.2. The van der Waals surface area contributed by atoms with Gasteiger partial charge in [0, 0.05) is 18.8 Å². The van der Waals surface area contributed by atoms with E-state index in [1.54, 1.807) is 10.8 Å². The van der Waals surface area contributed by atoms with Crippen molar-refractivity contribution in [2.45, 2.75) is 44.8 Å². The Labute approximate surface area is 121 Å². The maximum atomic E-state index is 12.7. The fourth-order valence-corrected chi connectivity index (χ4v) is 2.31. The van der Waals surface area contributed by atoms with Gasteiger partial charge in [-0.2, -0.15) is 13.2 Å². The first kappa shape index (κ1) is 15.7. The minimum absolute atomic E-state index is 0.102. The number of aromatic nitrogens is 1. The molecule has 0 atom stereocenters. The number of rotatable bonds is 6. The highest BCUT2D eigenvalue weighted by Gasteiger charge is 2.35. The van der Waals surface area contributed by atoms with E-state index in [-0.39, 0.29) is 18.3 Å². The number of hydrogen-bond acceptors (Lipinski definition) is 2. The molecule has 1 fully saturated rings. The number of alkyl halides is 3. The van der Waals surface area contributed by atoms with E-state index in [9.17, 15) is 18.0 Å². The summed E-state index contributed by atoms with van der Waals surface area (Å²) in [6.45, 7) is 0.757. The van der Waals surface area contributed by atoms with Crippen LogP contribution in [0, 0.1) is 0 Å². The lowest BCUT2D eigenvalue weighted by Crippen LogP contribution is -2.40. The van der Waals surface area contributed by atoms with Crippen molar-refractivity contribution < 1.29 is 18.0 Å². The normalized spacial score (nSPS) is 15.2. The predicted molar refractivity (Wildman–Crippen MR) is 74.0 cm³/mol. The molecule has 4 nitrogen and oxygen atoms in total. The fourth-order valence-electron chi connectivity index (χ4n) is 2.31. The molecule has 0 aliphatic heterocycles. The summed E-state index contributed by atoms with van der Waals surface area (Å²) in [4.78, 5) is 13.3. The molecule has 1 aliphatic carbocycles. The van der Waals surface area contributed by atoms with Gasteiger partial charge in [0.1, 0.15) is 12.2 Å².